The van der Waals surface area contributed by atoms with E-state index in [1.165, 1.54) is 5.01 Å². The number of ether oxygens (including phenoxy) is 1. The van der Waals surface area contributed by atoms with Crippen molar-refractivity contribution in [3.63, 3.8) is 0 Å². The van der Waals surface area contributed by atoms with Crippen molar-refractivity contribution in [3.05, 3.63) is 23.8 Å². The maximum absolute atomic E-state index is 13.6. The van der Waals surface area contributed by atoms with Crippen molar-refractivity contribution in [3.8, 4) is 0 Å². The summed E-state index contributed by atoms with van der Waals surface area (Å²) in [5.41, 5.74) is 5.05. The second-order valence-corrected chi connectivity index (χ2v) is 5.61. The van der Waals surface area contributed by atoms with Crippen molar-refractivity contribution in [2.24, 2.45) is 0 Å². The van der Waals surface area contributed by atoms with Crippen molar-refractivity contribution in [1.82, 2.24) is 9.84 Å². The second kappa shape index (κ2) is 5.37. The lowest BCUT2D eigenvalue weighted by molar-refractivity contribution is 0.0271. The van der Waals surface area contributed by atoms with Gasteiger partial charge in [-0.2, -0.15) is 0 Å². The van der Waals surface area contributed by atoms with Gasteiger partial charge in [-0.05, 0) is 12.1 Å². The Bertz CT molecular complexity index is 550. The molecule has 3 N–H and O–H groups in total. The van der Waals surface area contributed by atoms with E-state index < -0.39 is 26.6 Å². The molecule has 2 rings (SSSR count). The number of hydrogen-bond acceptors (Lipinski definition) is 5. The lowest BCUT2D eigenvalue weighted by Crippen LogP contribution is -2.48. The number of nitrogens with zero attached hydrogens (tertiary/aromatic N) is 1. The number of nitrogens with two attached hydrogens (primary N) is 1. The molecule has 0 aliphatic carbocycles. The molecule has 0 saturated carbocycles. The third kappa shape index (κ3) is 3.18. The third-order valence-electron chi connectivity index (χ3n) is 2.55. The molecule has 1 aliphatic heterocycles. The van der Waals surface area contributed by atoms with Gasteiger partial charge in [0.2, 0.25) is 0 Å². The van der Waals surface area contributed by atoms with Gasteiger partial charge in [0.1, 0.15) is 11.6 Å². The van der Waals surface area contributed by atoms with E-state index in [9.17, 15) is 17.2 Å². The zero-order chi connectivity index (χ0) is 14.0. The van der Waals surface area contributed by atoms with E-state index in [0.29, 0.717) is 26.3 Å². The van der Waals surface area contributed by atoms with E-state index in [-0.39, 0.29) is 5.69 Å². The van der Waals surface area contributed by atoms with Gasteiger partial charge < -0.3 is 10.5 Å². The van der Waals surface area contributed by atoms with Crippen molar-refractivity contribution in [1.29, 1.82) is 0 Å². The molecule has 0 aromatic heterocycles. The Morgan fingerprint density at radius 1 is 1.21 bits per heavy atom. The number of nitrogens with one attached hydrogen (secondary N) is 1. The first-order valence-electron chi connectivity index (χ1n) is 5.50. The average Bonchev–Trinajstić information content (AvgIpc) is 2.27. The maximum atomic E-state index is 13.6. The molecule has 0 radical (unpaired) electrons. The molecule has 1 aromatic carbocycles. The Morgan fingerprint density at radius 3 is 2.26 bits per heavy atom. The van der Waals surface area contributed by atoms with Crippen LogP contribution in [0.15, 0.2) is 17.0 Å². The highest BCUT2D eigenvalue weighted by molar-refractivity contribution is 7.89. The Balaban J connectivity index is 2.29. The van der Waals surface area contributed by atoms with Gasteiger partial charge in [0.15, 0.2) is 4.90 Å². The van der Waals surface area contributed by atoms with Gasteiger partial charge in [-0.15, -0.1) is 4.83 Å². The van der Waals surface area contributed by atoms with Crippen molar-refractivity contribution in [2.75, 3.05) is 32.0 Å². The first-order valence-corrected chi connectivity index (χ1v) is 6.98. The van der Waals surface area contributed by atoms with E-state index in [0.717, 1.165) is 12.1 Å². The molecule has 1 aliphatic rings. The van der Waals surface area contributed by atoms with Crippen molar-refractivity contribution < 1.29 is 21.9 Å². The maximum Gasteiger partial charge on any atom is 0.259 e. The largest absolute Gasteiger partial charge is 0.399 e. The molecule has 19 heavy (non-hydrogen) atoms. The summed E-state index contributed by atoms with van der Waals surface area (Å²) in [7, 11) is -4.32. The van der Waals surface area contributed by atoms with Crippen LogP contribution in [0.2, 0.25) is 0 Å². The number of anilines is 1. The summed E-state index contributed by atoms with van der Waals surface area (Å²) in [5.74, 6) is -2.45. The molecular formula is C10H13F2N3O3S. The van der Waals surface area contributed by atoms with Crippen LogP contribution in [0.3, 0.4) is 0 Å². The summed E-state index contributed by atoms with van der Waals surface area (Å²) in [4.78, 5) is 1.08. The van der Waals surface area contributed by atoms with Gasteiger partial charge in [0.25, 0.3) is 10.0 Å². The van der Waals surface area contributed by atoms with E-state index in [4.69, 9.17) is 10.5 Å². The van der Waals surface area contributed by atoms with Crippen LogP contribution in [0.1, 0.15) is 0 Å². The molecule has 1 fully saturated rings. The van der Waals surface area contributed by atoms with Crippen molar-refractivity contribution in [2.45, 2.75) is 4.90 Å². The minimum Gasteiger partial charge on any atom is -0.399 e. The molecule has 0 spiro atoms. The molecule has 1 saturated heterocycles. The fourth-order valence-electron chi connectivity index (χ4n) is 1.71. The van der Waals surface area contributed by atoms with Crippen LogP contribution in [0, 0.1) is 11.6 Å². The fraction of sp³-hybridized carbons (Fsp3) is 0.400. The fourth-order valence-corrected chi connectivity index (χ4v) is 2.95. The quantitative estimate of drug-likeness (QED) is 0.771. The number of sulfonamides is 1. The Morgan fingerprint density at radius 2 is 1.74 bits per heavy atom. The SMILES string of the molecule is Nc1cc(F)c(S(=O)(=O)NN2CCOCC2)c(F)c1. The van der Waals surface area contributed by atoms with Gasteiger partial charge in [-0.1, -0.05) is 0 Å². The second-order valence-electron chi connectivity index (χ2n) is 4.01. The number of nitrogen functional groups attached to an aromatic ring is 1. The van der Waals surface area contributed by atoms with Crippen LogP contribution in [0.4, 0.5) is 14.5 Å². The predicted molar refractivity (Wildman–Crippen MR) is 63.5 cm³/mol. The van der Waals surface area contributed by atoms with Crippen LogP contribution in [-0.2, 0) is 14.8 Å². The lowest BCUT2D eigenvalue weighted by atomic mass is 10.3. The Hall–Kier alpha value is -1.29. The van der Waals surface area contributed by atoms with E-state index >= 15 is 0 Å². The van der Waals surface area contributed by atoms with Gasteiger partial charge in [0, 0.05) is 18.8 Å². The lowest BCUT2D eigenvalue weighted by Gasteiger charge is -2.26. The average molecular weight is 293 g/mol. The van der Waals surface area contributed by atoms with E-state index in [2.05, 4.69) is 4.83 Å². The highest BCUT2D eigenvalue weighted by Crippen LogP contribution is 2.21. The summed E-state index contributed by atoms with van der Waals surface area (Å²) >= 11 is 0. The molecule has 0 unspecified atom stereocenters. The standard InChI is InChI=1S/C10H13F2N3O3S/c11-8-5-7(13)6-9(12)10(8)19(16,17)14-15-1-3-18-4-2-15/h5-6,14H,1-4,13H2. The number of halogens is 2. The normalized spacial score (nSPS) is 17.6. The smallest absolute Gasteiger partial charge is 0.259 e. The summed E-state index contributed by atoms with van der Waals surface area (Å²) in [6.07, 6.45) is 0. The van der Waals surface area contributed by atoms with Crippen molar-refractivity contribution >= 4 is 15.7 Å². The molecule has 1 heterocycles. The monoisotopic (exact) mass is 293 g/mol. The molecule has 0 amide bonds. The zero-order valence-corrected chi connectivity index (χ0v) is 10.7. The molecular weight excluding hydrogens is 280 g/mol. The molecule has 6 nitrogen and oxygen atoms in total. The molecule has 0 bridgehead atoms. The minimum atomic E-state index is -4.32. The molecule has 0 atom stereocenters. The van der Waals surface area contributed by atoms with Crippen LogP contribution in [0.25, 0.3) is 0 Å². The van der Waals surface area contributed by atoms with Gasteiger partial charge >= 0.3 is 0 Å². The minimum absolute atomic E-state index is 0.180. The third-order valence-corrected chi connectivity index (χ3v) is 3.98. The highest BCUT2D eigenvalue weighted by Gasteiger charge is 2.27. The van der Waals surface area contributed by atoms with Crippen LogP contribution >= 0.6 is 0 Å². The summed E-state index contributed by atoms with van der Waals surface area (Å²) in [5, 5.41) is 1.33. The van der Waals surface area contributed by atoms with Crippen LogP contribution in [0.5, 0.6) is 0 Å². The van der Waals surface area contributed by atoms with E-state index in [1.807, 2.05) is 0 Å². The number of benzene rings is 1. The number of hydrazine groups is 1. The predicted octanol–water partition coefficient (Wildman–Crippen LogP) is 0.0725. The Labute approximate surface area is 109 Å². The molecule has 9 heteroatoms. The topological polar surface area (TPSA) is 84.7 Å². The van der Waals surface area contributed by atoms with Crippen LogP contribution < -0.4 is 10.6 Å². The molecule has 106 valence electrons. The Kier molecular flexibility index (Phi) is 3.99. The van der Waals surface area contributed by atoms with Gasteiger partial charge in [0.05, 0.1) is 13.2 Å². The first kappa shape index (κ1) is 14.1. The zero-order valence-electron chi connectivity index (χ0n) is 9.90. The van der Waals surface area contributed by atoms with E-state index in [1.54, 1.807) is 0 Å². The van der Waals surface area contributed by atoms with Crippen LogP contribution in [-0.4, -0.2) is 39.7 Å². The first-order chi connectivity index (χ1) is 8.90. The highest BCUT2D eigenvalue weighted by atomic mass is 32.2. The van der Waals surface area contributed by atoms with Gasteiger partial charge in [-0.3, -0.25) is 0 Å². The summed E-state index contributed by atoms with van der Waals surface area (Å²) in [6.45, 7) is 1.29. The summed E-state index contributed by atoms with van der Waals surface area (Å²) in [6, 6.07) is 1.52. The van der Waals surface area contributed by atoms with Gasteiger partial charge in [-0.25, -0.2) is 22.2 Å². The number of rotatable bonds is 3. The summed E-state index contributed by atoms with van der Waals surface area (Å²) < 4.78 is 56.1. The number of hydrogen-bond donors (Lipinski definition) is 2. The molecule has 1 aromatic rings. The number of morpholine rings is 1.